The van der Waals surface area contributed by atoms with E-state index in [1.165, 1.54) is 4.90 Å². The number of carbonyl (C=O) groups excluding carboxylic acids is 2. The molecule has 1 unspecified atom stereocenters. The van der Waals surface area contributed by atoms with Crippen molar-refractivity contribution in [2.75, 3.05) is 20.3 Å². The molecule has 19 heavy (non-hydrogen) atoms. The SMILES string of the molecule is COc1ccc(CC(C)C(=O)N2CCOC2=O)cc1. The lowest BCUT2D eigenvalue weighted by molar-refractivity contribution is -0.131. The fourth-order valence-corrected chi connectivity index (χ4v) is 2.06. The van der Waals surface area contributed by atoms with Crippen LogP contribution in [-0.4, -0.2) is 37.2 Å². The van der Waals surface area contributed by atoms with E-state index >= 15 is 0 Å². The zero-order valence-corrected chi connectivity index (χ0v) is 11.1. The summed E-state index contributed by atoms with van der Waals surface area (Å²) in [4.78, 5) is 24.6. The normalized spacial score (nSPS) is 16.1. The van der Waals surface area contributed by atoms with Gasteiger partial charge in [-0.05, 0) is 24.1 Å². The molecule has 0 aromatic heterocycles. The van der Waals surface area contributed by atoms with Crippen molar-refractivity contribution in [1.82, 2.24) is 4.90 Å². The molecule has 1 saturated heterocycles. The summed E-state index contributed by atoms with van der Waals surface area (Å²) in [6.07, 6.45) is 0.0543. The number of carbonyl (C=O) groups is 2. The van der Waals surface area contributed by atoms with Crippen molar-refractivity contribution >= 4 is 12.0 Å². The summed E-state index contributed by atoms with van der Waals surface area (Å²) in [6.45, 7) is 2.46. The lowest BCUT2D eigenvalue weighted by Gasteiger charge is -2.16. The third-order valence-corrected chi connectivity index (χ3v) is 3.15. The van der Waals surface area contributed by atoms with E-state index in [0.717, 1.165) is 11.3 Å². The minimum absolute atomic E-state index is 0.182. The van der Waals surface area contributed by atoms with Gasteiger partial charge < -0.3 is 9.47 Å². The quantitative estimate of drug-likeness (QED) is 0.832. The molecular weight excluding hydrogens is 246 g/mol. The Morgan fingerprint density at radius 2 is 2.11 bits per heavy atom. The molecule has 0 aliphatic carbocycles. The molecule has 2 rings (SSSR count). The molecule has 1 aromatic rings. The molecule has 1 atom stereocenters. The van der Waals surface area contributed by atoms with E-state index in [2.05, 4.69) is 0 Å². The van der Waals surface area contributed by atoms with Crippen LogP contribution in [0, 0.1) is 5.92 Å². The largest absolute Gasteiger partial charge is 0.497 e. The summed E-state index contributed by atoms with van der Waals surface area (Å²) in [5.41, 5.74) is 1.04. The van der Waals surface area contributed by atoms with E-state index in [1.54, 1.807) is 7.11 Å². The van der Waals surface area contributed by atoms with Crippen molar-refractivity contribution in [3.63, 3.8) is 0 Å². The molecule has 102 valence electrons. The Bertz CT molecular complexity index is 469. The fraction of sp³-hybridized carbons (Fsp3) is 0.429. The van der Waals surface area contributed by atoms with Crippen molar-refractivity contribution in [3.8, 4) is 5.75 Å². The standard InChI is InChI=1S/C14H17NO4/c1-10(13(16)15-7-8-19-14(15)17)9-11-3-5-12(18-2)6-4-11/h3-6,10H,7-9H2,1-2H3. The van der Waals surface area contributed by atoms with Crippen molar-refractivity contribution in [2.45, 2.75) is 13.3 Å². The number of ether oxygens (including phenoxy) is 2. The van der Waals surface area contributed by atoms with Gasteiger partial charge in [-0.2, -0.15) is 0 Å². The van der Waals surface area contributed by atoms with Crippen molar-refractivity contribution in [3.05, 3.63) is 29.8 Å². The van der Waals surface area contributed by atoms with Gasteiger partial charge in [0, 0.05) is 5.92 Å². The highest BCUT2D eigenvalue weighted by Crippen LogP contribution is 2.17. The fourth-order valence-electron chi connectivity index (χ4n) is 2.06. The highest BCUT2D eigenvalue weighted by Gasteiger charge is 2.31. The Kier molecular flexibility index (Phi) is 4.04. The molecule has 0 saturated carbocycles. The van der Waals surface area contributed by atoms with E-state index in [0.29, 0.717) is 19.6 Å². The highest BCUT2D eigenvalue weighted by atomic mass is 16.6. The summed E-state index contributed by atoms with van der Waals surface area (Å²) >= 11 is 0. The van der Waals surface area contributed by atoms with Crippen LogP contribution in [0.2, 0.25) is 0 Å². The Balaban J connectivity index is 1.97. The first-order valence-corrected chi connectivity index (χ1v) is 6.23. The van der Waals surface area contributed by atoms with Crippen LogP contribution in [0.25, 0.3) is 0 Å². The number of imide groups is 1. The van der Waals surface area contributed by atoms with E-state index < -0.39 is 6.09 Å². The molecule has 1 aromatic carbocycles. The maximum absolute atomic E-state index is 12.1. The van der Waals surface area contributed by atoms with Crippen LogP contribution in [0.1, 0.15) is 12.5 Å². The minimum atomic E-state index is -0.536. The molecule has 1 aliphatic heterocycles. The first kappa shape index (κ1) is 13.4. The van der Waals surface area contributed by atoms with Gasteiger partial charge in [-0.1, -0.05) is 19.1 Å². The maximum Gasteiger partial charge on any atom is 0.416 e. The number of hydrogen-bond donors (Lipinski definition) is 0. The predicted molar refractivity (Wildman–Crippen MR) is 68.9 cm³/mol. The van der Waals surface area contributed by atoms with Gasteiger partial charge in [0.15, 0.2) is 0 Å². The third-order valence-electron chi connectivity index (χ3n) is 3.15. The first-order chi connectivity index (χ1) is 9.11. The van der Waals surface area contributed by atoms with E-state index in [4.69, 9.17) is 9.47 Å². The second-order valence-corrected chi connectivity index (χ2v) is 4.56. The number of methoxy groups -OCH3 is 1. The summed E-state index contributed by atoms with van der Waals surface area (Å²) in [5.74, 6) is 0.350. The molecule has 0 N–H and O–H groups in total. The number of nitrogens with zero attached hydrogens (tertiary/aromatic N) is 1. The number of benzene rings is 1. The van der Waals surface area contributed by atoms with Crippen LogP contribution < -0.4 is 4.74 Å². The molecule has 1 fully saturated rings. The van der Waals surface area contributed by atoms with E-state index in [-0.39, 0.29) is 11.8 Å². The van der Waals surface area contributed by atoms with Gasteiger partial charge in [0.2, 0.25) is 5.91 Å². The summed E-state index contributed by atoms with van der Waals surface area (Å²) in [7, 11) is 1.61. The third kappa shape index (κ3) is 3.05. The molecule has 0 bridgehead atoms. The second kappa shape index (κ2) is 5.73. The molecular formula is C14H17NO4. The molecule has 1 heterocycles. The van der Waals surface area contributed by atoms with E-state index in [1.807, 2.05) is 31.2 Å². The van der Waals surface area contributed by atoms with Crippen LogP contribution in [0.3, 0.4) is 0 Å². The molecule has 2 amide bonds. The summed E-state index contributed by atoms with van der Waals surface area (Å²) < 4.78 is 9.85. The highest BCUT2D eigenvalue weighted by molar-refractivity contribution is 5.94. The van der Waals surface area contributed by atoms with Crippen LogP contribution in [0.5, 0.6) is 5.75 Å². The van der Waals surface area contributed by atoms with Crippen molar-refractivity contribution in [2.24, 2.45) is 5.92 Å². The Labute approximate surface area is 112 Å². The zero-order chi connectivity index (χ0) is 13.8. The van der Waals surface area contributed by atoms with Crippen LogP contribution in [0.15, 0.2) is 24.3 Å². The first-order valence-electron chi connectivity index (χ1n) is 6.23. The lowest BCUT2D eigenvalue weighted by atomic mass is 10.00. The number of cyclic esters (lactones) is 1. The summed E-state index contributed by atoms with van der Waals surface area (Å²) in [5, 5.41) is 0. The Morgan fingerprint density at radius 3 is 2.63 bits per heavy atom. The summed E-state index contributed by atoms with van der Waals surface area (Å²) in [6, 6.07) is 7.56. The van der Waals surface area contributed by atoms with Crippen LogP contribution >= 0.6 is 0 Å². The molecule has 5 nitrogen and oxygen atoms in total. The second-order valence-electron chi connectivity index (χ2n) is 4.56. The van der Waals surface area contributed by atoms with E-state index in [9.17, 15) is 9.59 Å². The minimum Gasteiger partial charge on any atom is -0.497 e. The smallest absolute Gasteiger partial charge is 0.416 e. The van der Waals surface area contributed by atoms with Crippen LogP contribution in [0.4, 0.5) is 4.79 Å². The Hall–Kier alpha value is -2.04. The number of rotatable bonds is 4. The average molecular weight is 263 g/mol. The monoisotopic (exact) mass is 263 g/mol. The molecule has 0 radical (unpaired) electrons. The maximum atomic E-state index is 12.1. The van der Waals surface area contributed by atoms with Crippen LogP contribution in [-0.2, 0) is 16.0 Å². The van der Waals surface area contributed by atoms with Gasteiger partial charge in [-0.3, -0.25) is 4.79 Å². The molecule has 1 aliphatic rings. The van der Waals surface area contributed by atoms with Gasteiger partial charge in [-0.15, -0.1) is 0 Å². The van der Waals surface area contributed by atoms with Gasteiger partial charge in [0.05, 0.1) is 13.7 Å². The topological polar surface area (TPSA) is 55.8 Å². The average Bonchev–Trinajstić information content (AvgIpc) is 2.85. The number of amides is 2. The zero-order valence-electron chi connectivity index (χ0n) is 11.1. The lowest BCUT2D eigenvalue weighted by Crippen LogP contribution is -2.36. The van der Waals surface area contributed by atoms with Gasteiger partial charge in [-0.25, -0.2) is 9.69 Å². The molecule has 5 heteroatoms. The number of hydrogen-bond acceptors (Lipinski definition) is 4. The Morgan fingerprint density at radius 1 is 1.42 bits per heavy atom. The van der Waals surface area contributed by atoms with Crippen molar-refractivity contribution < 1.29 is 19.1 Å². The van der Waals surface area contributed by atoms with Gasteiger partial charge in [0.25, 0.3) is 0 Å². The van der Waals surface area contributed by atoms with Crippen molar-refractivity contribution in [1.29, 1.82) is 0 Å². The predicted octanol–water partition coefficient (Wildman–Crippen LogP) is 1.85. The molecule has 0 spiro atoms. The van der Waals surface area contributed by atoms with Gasteiger partial charge >= 0.3 is 6.09 Å². The van der Waals surface area contributed by atoms with Gasteiger partial charge in [0.1, 0.15) is 12.4 Å².